The SMILES string of the molecule is Cc1ccccc1-c1cc2cccc3c4ccc5oc6cc7c8cc(-c9ccccc9C)cc9cccc(c%10ccc%11oc%12cc(c(c1)c23)c4c5c%12-c6c%11c%107)c98. The van der Waals surface area contributed by atoms with Gasteiger partial charge in [0, 0.05) is 32.7 Å². The zero-order chi connectivity index (χ0) is 36.6. The third-order valence-electron chi connectivity index (χ3n) is 13.1. The highest BCUT2D eigenvalue weighted by molar-refractivity contribution is 6.42. The Bertz CT molecular complexity index is 3690. The summed E-state index contributed by atoms with van der Waals surface area (Å²) in [6.07, 6.45) is 0. The third kappa shape index (κ3) is 3.45. The number of fused-ring (bicyclic) bond motifs is 4. The van der Waals surface area contributed by atoms with E-state index in [1.165, 1.54) is 109 Å². The van der Waals surface area contributed by atoms with Crippen LogP contribution >= 0.6 is 0 Å². The van der Waals surface area contributed by atoms with Crippen molar-refractivity contribution >= 4 is 109 Å². The van der Waals surface area contributed by atoms with Crippen molar-refractivity contribution in [3.8, 4) is 33.4 Å². The van der Waals surface area contributed by atoms with Crippen LogP contribution in [-0.2, 0) is 0 Å². The number of hydrogen-bond acceptors (Lipinski definition) is 2. The van der Waals surface area contributed by atoms with Gasteiger partial charge in [-0.1, -0.05) is 84.9 Å². The topological polar surface area (TPSA) is 26.3 Å². The molecule has 0 aromatic heterocycles. The van der Waals surface area contributed by atoms with Crippen LogP contribution in [0.5, 0.6) is 0 Å². The van der Waals surface area contributed by atoms with Crippen molar-refractivity contribution < 1.29 is 8.83 Å². The molecule has 14 rings (SSSR count). The molecule has 0 amide bonds. The minimum Gasteiger partial charge on any atom is -0.456 e. The van der Waals surface area contributed by atoms with Crippen LogP contribution in [0.25, 0.3) is 142 Å². The summed E-state index contributed by atoms with van der Waals surface area (Å²) in [6, 6.07) is 53.9. The summed E-state index contributed by atoms with van der Waals surface area (Å²) in [5.74, 6) is 0. The molecule has 0 unspecified atom stereocenters. The van der Waals surface area contributed by atoms with Crippen LogP contribution in [0.3, 0.4) is 0 Å². The second-order valence-electron chi connectivity index (χ2n) is 16.0. The Kier molecular flexibility index (Phi) is 5.18. The van der Waals surface area contributed by atoms with E-state index in [-0.39, 0.29) is 0 Å². The number of hydrogen-bond donors (Lipinski definition) is 0. The van der Waals surface area contributed by atoms with Gasteiger partial charge in [0.25, 0.3) is 0 Å². The Morgan fingerprint density at radius 2 is 0.732 bits per heavy atom. The average Bonchev–Trinajstić information content (AvgIpc) is 3.23. The lowest BCUT2D eigenvalue weighted by Crippen LogP contribution is -1.98. The summed E-state index contributed by atoms with van der Waals surface area (Å²) in [5.41, 5.74) is 13.3. The van der Waals surface area contributed by atoms with Gasteiger partial charge in [-0.3, -0.25) is 0 Å². The fourth-order valence-electron chi connectivity index (χ4n) is 10.8. The maximum atomic E-state index is 7.16. The van der Waals surface area contributed by atoms with E-state index in [4.69, 9.17) is 8.83 Å². The molecule has 0 saturated heterocycles. The van der Waals surface area contributed by atoms with Crippen molar-refractivity contribution in [2.75, 3.05) is 0 Å². The van der Waals surface area contributed by atoms with Crippen LogP contribution in [-0.4, -0.2) is 0 Å². The molecule has 2 heteroatoms. The van der Waals surface area contributed by atoms with Gasteiger partial charge in [-0.2, -0.15) is 0 Å². The molecule has 0 N–H and O–H groups in total. The minimum atomic E-state index is 0.879. The zero-order valence-electron chi connectivity index (χ0n) is 30.7. The van der Waals surface area contributed by atoms with Gasteiger partial charge in [0.15, 0.2) is 0 Å². The number of aryl methyl sites for hydroxylation is 2. The molecule has 2 nitrogen and oxygen atoms in total. The van der Waals surface area contributed by atoms with Gasteiger partial charge in [0.2, 0.25) is 0 Å². The number of benzene rings is 12. The highest BCUT2D eigenvalue weighted by atomic mass is 16.3. The molecule has 0 bridgehead atoms. The highest BCUT2D eigenvalue weighted by Gasteiger charge is 2.30. The van der Waals surface area contributed by atoms with Gasteiger partial charge in [0.1, 0.15) is 22.3 Å². The van der Waals surface area contributed by atoms with Crippen molar-refractivity contribution in [2.24, 2.45) is 0 Å². The van der Waals surface area contributed by atoms with E-state index in [2.05, 4.69) is 159 Å². The second-order valence-corrected chi connectivity index (χ2v) is 16.0. The van der Waals surface area contributed by atoms with E-state index in [0.717, 1.165) is 44.2 Å². The van der Waals surface area contributed by atoms with Crippen LogP contribution in [0.2, 0.25) is 0 Å². The van der Waals surface area contributed by atoms with E-state index in [1.807, 2.05) is 0 Å². The lowest BCUT2D eigenvalue weighted by molar-refractivity contribution is 0.647. The Morgan fingerprint density at radius 1 is 0.304 bits per heavy atom. The monoisotopic (exact) mass is 710 g/mol. The molecular weight excluding hydrogens is 681 g/mol. The Labute approximate surface area is 320 Å². The summed E-state index contributed by atoms with van der Waals surface area (Å²) in [5, 5.41) is 19.7. The zero-order valence-corrected chi connectivity index (χ0v) is 30.7. The fourth-order valence-corrected chi connectivity index (χ4v) is 10.8. The smallest absolute Gasteiger partial charge is 0.136 e. The molecule has 0 atom stereocenters. The lowest BCUT2D eigenvalue weighted by Gasteiger charge is -2.24. The molecule has 0 radical (unpaired) electrons. The fraction of sp³-hybridized carbons (Fsp3) is 0.0370. The maximum absolute atomic E-state index is 7.16. The van der Waals surface area contributed by atoms with Crippen LogP contribution in [0.15, 0.2) is 154 Å². The van der Waals surface area contributed by atoms with Crippen molar-refractivity contribution in [3.05, 3.63) is 157 Å². The van der Waals surface area contributed by atoms with Crippen LogP contribution in [0.4, 0.5) is 0 Å². The standard InChI is InChI=1S/C54H30O2/c1-27-9-3-5-13-33(27)31-21-29-11-7-15-35-37-17-19-43-51-49(37)41(39(23-31)47(29)35)25-45-53(51)54-46(56-43)26-42-40-24-32(34-14-6-4-10-28(34)2)22-30-12-8-16-36(48(30)40)38-18-20-44(55-45)52(54)50(38)42/h3-26H,1-2H3. The first-order chi connectivity index (χ1) is 27.6. The van der Waals surface area contributed by atoms with E-state index in [1.54, 1.807) is 0 Å². The Hall–Kier alpha value is -7.16. The van der Waals surface area contributed by atoms with Gasteiger partial charge >= 0.3 is 0 Å². The van der Waals surface area contributed by atoms with Crippen molar-refractivity contribution in [1.29, 1.82) is 0 Å². The van der Waals surface area contributed by atoms with Gasteiger partial charge < -0.3 is 8.83 Å². The van der Waals surface area contributed by atoms with E-state index >= 15 is 0 Å². The first kappa shape index (κ1) is 29.2. The number of rotatable bonds is 2. The highest BCUT2D eigenvalue weighted by Crippen LogP contribution is 2.55. The molecule has 2 aliphatic rings. The molecule has 56 heavy (non-hydrogen) atoms. The predicted molar refractivity (Wildman–Crippen MR) is 237 cm³/mol. The van der Waals surface area contributed by atoms with Crippen molar-refractivity contribution in [2.45, 2.75) is 13.8 Å². The quantitative estimate of drug-likeness (QED) is 0.132. The van der Waals surface area contributed by atoms with E-state index in [0.29, 0.717) is 0 Å². The van der Waals surface area contributed by atoms with Gasteiger partial charge in [-0.15, -0.1) is 0 Å². The Balaban J connectivity index is 1.18. The summed E-state index contributed by atoms with van der Waals surface area (Å²) < 4.78 is 14.3. The summed E-state index contributed by atoms with van der Waals surface area (Å²) in [4.78, 5) is 0. The second kappa shape index (κ2) is 9.92. The molecule has 0 saturated carbocycles. The van der Waals surface area contributed by atoms with Crippen LogP contribution < -0.4 is 0 Å². The Morgan fingerprint density at radius 3 is 1.20 bits per heavy atom. The summed E-state index contributed by atoms with van der Waals surface area (Å²) >= 11 is 0. The minimum absolute atomic E-state index is 0.879. The first-order valence-electron chi connectivity index (χ1n) is 19.5. The molecule has 258 valence electrons. The molecule has 12 aromatic carbocycles. The lowest BCUT2D eigenvalue weighted by atomic mass is 9.81. The molecule has 0 aliphatic carbocycles. The van der Waals surface area contributed by atoms with Crippen molar-refractivity contribution in [3.63, 3.8) is 0 Å². The van der Waals surface area contributed by atoms with Gasteiger partial charge in [-0.25, -0.2) is 0 Å². The molecule has 2 heterocycles. The van der Waals surface area contributed by atoms with Gasteiger partial charge in [0.05, 0.1) is 0 Å². The van der Waals surface area contributed by atoms with Crippen LogP contribution in [0, 0.1) is 13.8 Å². The van der Waals surface area contributed by atoms with Crippen LogP contribution in [0.1, 0.15) is 11.1 Å². The average molecular weight is 711 g/mol. The molecule has 12 aromatic rings. The molecule has 0 fully saturated rings. The summed E-state index contributed by atoms with van der Waals surface area (Å²) in [7, 11) is 0. The maximum Gasteiger partial charge on any atom is 0.136 e. The molecular formula is C54H30O2. The summed E-state index contributed by atoms with van der Waals surface area (Å²) in [6.45, 7) is 4.40. The normalized spacial score (nSPS) is 12.8. The first-order valence-corrected chi connectivity index (χ1v) is 19.5. The van der Waals surface area contributed by atoms with E-state index < -0.39 is 0 Å². The van der Waals surface area contributed by atoms with Gasteiger partial charge in [-0.05, 0) is 173 Å². The van der Waals surface area contributed by atoms with E-state index in [9.17, 15) is 0 Å². The largest absolute Gasteiger partial charge is 0.456 e. The predicted octanol–water partition coefficient (Wildman–Crippen LogP) is 15.8. The molecule has 2 aliphatic heterocycles. The third-order valence-corrected chi connectivity index (χ3v) is 13.1. The van der Waals surface area contributed by atoms with Crippen molar-refractivity contribution in [1.82, 2.24) is 0 Å². The molecule has 0 spiro atoms.